The normalized spacial score (nSPS) is 44.8. The number of fused-ring (bicyclic) bond motifs is 5. The summed E-state index contributed by atoms with van der Waals surface area (Å²) >= 11 is 0. The number of rotatable bonds is 1. The molecule has 4 rings (SSSR count). The van der Waals surface area contributed by atoms with Crippen molar-refractivity contribution in [2.45, 2.75) is 72.0 Å². The van der Waals surface area contributed by atoms with Gasteiger partial charge in [-0.2, -0.15) is 0 Å². The van der Waals surface area contributed by atoms with Gasteiger partial charge in [-0.25, -0.2) is 4.79 Å². The first-order valence-electron chi connectivity index (χ1n) is 11.6. The number of hydrogen-bond acceptors (Lipinski definition) is 9. The Morgan fingerprint density at radius 3 is 2.20 bits per heavy atom. The van der Waals surface area contributed by atoms with Crippen LogP contribution in [0.3, 0.4) is 0 Å². The third-order valence-corrected chi connectivity index (χ3v) is 9.80. The lowest BCUT2D eigenvalue weighted by Gasteiger charge is -2.68. The molecule has 9 nitrogen and oxygen atoms in total. The molecule has 0 bridgehead atoms. The quantitative estimate of drug-likeness (QED) is 0.322. The molecule has 3 aliphatic carbocycles. The predicted octanol–water partition coefficient (Wildman–Crippen LogP) is 2.15. The molecule has 0 aromatic heterocycles. The lowest BCUT2D eigenvalue weighted by atomic mass is 9.35. The molecule has 9 heteroatoms. The van der Waals surface area contributed by atoms with E-state index in [1.165, 1.54) is 13.8 Å². The molecule has 1 saturated heterocycles. The molecule has 1 heterocycles. The number of carbonyl (C=O) groups excluding carboxylic acids is 5. The van der Waals surface area contributed by atoms with Crippen LogP contribution in [0.4, 0.5) is 0 Å². The van der Waals surface area contributed by atoms with Gasteiger partial charge >= 0.3 is 11.9 Å². The molecule has 3 fully saturated rings. The highest BCUT2D eigenvalue weighted by Gasteiger charge is 2.81. The van der Waals surface area contributed by atoms with Crippen LogP contribution in [-0.4, -0.2) is 57.8 Å². The first-order chi connectivity index (χ1) is 15.8. The number of esters is 2. The fraction of sp³-hybridized carbons (Fsp3) is 0.654. The summed E-state index contributed by atoms with van der Waals surface area (Å²) in [5.41, 5.74) is -10.3. The van der Waals surface area contributed by atoms with Crippen molar-refractivity contribution < 1.29 is 43.7 Å². The van der Waals surface area contributed by atoms with Gasteiger partial charge < -0.3 is 19.7 Å². The minimum absolute atomic E-state index is 0.0884. The van der Waals surface area contributed by atoms with E-state index in [2.05, 4.69) is 6.58 Å². The monoisotopic (exact) mass is 488 g/mol. The molecule has 35 heavy (non-hydrogen) atoms. The van der Waals surface area contributed by atoms with Crippen molar-refractivity contribution in [2.75, 3.05) is 7.11 Å². The zero-order valence-corrected chi connectivity index (χ0v) is 21.2. The summed E-state index contributed by atoms with van der Waals surface area (Å²) in [6, 6.07) is 0. The van der Waals surface area contributed by atoms with Gasteiger partial charge in [-0.3, -0.25) is 19.2 Å². The first-order valence-corrected chi connectivity index (χ1v) is 11.6. The van der Waals surface area contributed by atoms with E-state index in [-0.39, 0.29) is 36.2 Å². The summed E-state index contributed by atoms with van der Waals surface area (Å²) in [5.74, 6) is -6.35. The van der Waals surface area contributed by atoms with E-state index < -0.39 is 68.0 Å². The Balaban J connectivity index is 2.04. The van der Waals surface area contributed by atoms with Crippen molar-refractivity contribution in [3.05, 3.63) is 23.5 Å². The van der Waals surface area contributed by atoms with Crippen LogP contribution in [-0.2, 0) is 33.4 Å². The highest BCUT2D eigenvalue weighted by Crippen LogP contribution is 2.72. The first kappa shape index (κ1) is 25.3. The maximum Gasteiger partial charge on any atom is 0.358 e. The topological polar surface area (TPSA) is 144 Å². The fourth-order valence-electron chi connectivity index (χ4n) is 7.64. The van der Waals surface area contributed by atoms with Crippen LogP contribution >= 0.6 is 0 Å². The Bertz CT molecular complexity index is 1180. The summed E-state index contributed by atoms with van der Waals surface area (Å²) in [6.45, 7) is 12.8. The number of ether oxygens (including phenoxy) is 2. The molecular weight excluding hydrogens is 456 g/mol. The van der Waals surface area contributed by atoms with Crippen LogP contribution < -0.4 is 0 Å². The average Bonchev–Trinajstić information content (AvgIpc) is 2.76. The number of hydrogen-bond donors (Lipinski definition) is 2. The third-order valence-electron chi connectivity index (χ3n) is 9.80. The molecule has 0 spiro atoms. The number of Topliss-reactive ketones (excluding diaryl/α,β-unsaturated/α-hetero) is 3. The van der Waals surface area contributed by atoms with E-state index in [9.17, 15) is 34.2 Å². The number of allylic oxidation sites excluding steroid dienone is 1. The minimum Gasteiger partial charge on any atom is -0.504 e. The van der Waals surface area contributed by atoms with Gasteiger partial charge in [-0.1, -0.05) is 19.1 Å². The maximum atomic E-state index is 14.0. The Morgan fingerprint density at radius 2 is 1.66 bits per heavy atom. The van der Waals surface area contributed by atoms with Crippen molar-refractivity contribution in [3.63, 3.8) is 0 Å². The Morgan fingerprint density at radius 1 is 1.09 bits per heavy atom. The van der Waals surface area contributed by atoms with Crippen molar-refractivity contribution in [2.24, 2.45) is 27.6 Å². The lowest BCUT2D eigenvalue weighted by molar-refractivity contribution is -0.241. The molecule has 0 amide bonds. The van der Waals surface area contributed by atoms with Crippen molar-refractivity contribution in [1.29, 1.82) is 0 Å². The van der Waals surface area contributed by atoms with Gasteiger partial charge in [0.25, 0.3) is 5.60 Å². The molecule has 0 radical (unpaired) electrons. The molecule has 190 valence electrons. The van der Waals surface area contributed by atoms with E-state index in [0.717, 1.165) is 14.0 Å². The number of aliphatic hydroxyl groups excluding tert-OH is 1. The summed E-state index contributed by atoms with van der Waals surface area (Å²) < 4.78 is 10.1. The molecule has 2 N–H and O–H groups in total. The molecule has 1 aliphatic heterocycles. The largest absolute Gasteiger partial charge is 0.504 e. The van der Waals surface area contributed by atoms with Crippen LogP contribution in [0.5, 0.6) is 0 Å². The fourth-order valence-corrected chi connectivity index (χ4v) is 7.64. The second-order valence-corrected chi connectivity index (χ2v) is 11.7. The van der Waals surface area contributed by atoms with Gasteiger partial charge in [0.1, 0.15) is 5.78 Å². The lowest BCUT2D eigenvalue weighted by Crippen LogP contribution is -2.78. The SMILES string of the molecule is C=C1C[C@]2(O)[C@@]3(C)CCC(=O)C(C)(C)C3=C(O)C(=O)[C@@]2(C)[C@@H]2C(=O)O[C@@](C)(C(=O)OC)C(=O)[C@@]12C. The van der Waals surface area contributed by atoms with Gasteiger partial charge in [0.05, 0.1) is 29.5 Å². The van der Waals surface area contributed by atoms with E-state index in [0.29, 0.717) is 0 Å². The third kappa shape index (κ3) is 2.40. The predicted molar refractivity (Wildman–Crippen MR) is 121 cm³/mol. The second kappa shape index (κ2) is 6.69. The van der Waals surface area contributed by atoms with Crippen molar-refractivity contribution >= 4 is 29.3 Å². The van der Waals surface area contributed by atoms with Gasteiger partial charge in [0, 0.05) is 17.3 Å². The van der Waals surface area contributed by atoms with Crippen LogP contribution in [0.25, 0.3) is 0 Å². The maximum absolute atomic E-state index is 14.0. The number of methoxy groups -OCH3 is 1. The summed E-state index contributed by atoms with van der Waals surface area (Å²) in [4.78, 5) is 66.7. The summed E-state index contributed by atoms with van der Waals surface area (Å²) in [5, 5.41) is 23.7. The number of aliphatic hydroxyl groups is 2. The van der Waals surface area contributed by atoms with Crippen molar-refractivity contribution in [1.82, 2.24) is 0 Å². The smallest absolute Gasteiger partial charge is 0.358 e. The van der Waals surface area contributed by atoms with Crippen molar-refractivity contribution in [3.8, 4) is 0 Å². The zero-order chi connectivity index (χ0) is 26.7. The van der Waals surface area contributed by atoms with E-state index in [1.807, 2.05) is 0 Å². The zero-order valence-electron chi connectivity index (χ0n) is 21.2. The Kier molecular flexibility index (Phi) is 4.83. The molecule has 4 aliphatic rings. The minimum atomic E-state index is -2.27. The van der Waals surface area contributed by atoms with Gasteiger partial charge in [0.2, 0.25) is 5.78 Å². The molecular formula is C26H32O9. The van der Waals surface area contributed by atoms with Gasteiger partial charge in [-0.15, -0.1) is 0 Å². The molecule has 0 aromatic rings. The van der Waals surface area contributed by atoms with E-state index in [1.54, 1.807) is 20.8 Å². The number of cyclic esters (lactones) is 1. The molecule has 0 unspecified atom stereocenters. The Hall–Kier alpha value is -2.81. The standard InChI is InChI=1S/C26H32O9/c1-12-11-26(33)22(4)10-9-13(27)21(2,3)15(22)14(28)17(29)24(26,6)16-18(30)35-25(7,20(32)34-8)19(31)23(12,16)5/h16,28,33H,1,9-11H2,2-8H3/t16-,22+,23+,24-,25-,26+/m1/s1. The highest BCUT2D eigenvalue weighted by molar-refractivity contribution is 6.17. The van der Waals surface area contributed by atoms with E-state index in [4.69, 9.17) is 9.47 Å². The number of ketones is 3. The summed E-state index contributed by atoms with van der Waals surface area (Å²) in [6.07, 6.45) is -0.0608. The van der Waals surface area contributed by atoms with Crippen LogP contribution in [0.1, 0.15) is 60.8 Å². The molecule has 6 atom stereocenters. The second-order valence-electron chi connectivity index (χ2n) is 11.7. The average molecular weight is 489 g/mol. The van der Waals surface area contributed by atoms with Crippen LogP contribution in [0, 0.1) is 27.6 Å². The molecule has 0 aromatic carbocycles. The van der Waals surface area contributed by atoms with Crippen LogP contribution in [0.2, 0.25) is 0 Å². The highest BCUT2D eigenvalue weighted by atomic mass is 16.6. The van der Waals surface area contributed by atoms with Gasteiger partial charge in [0.15, 0.2) is 11.5 Å². The molecule has 2 saturated carbocycles. The number of carbonyl (C=O) groups is 5. The van der Waals surface area contributed by atoms with Crippen LogP contribution in [0.15, 0.2) is 23.5 Å². The van der Waals surface area contributed by atoms with E-state index >= 15 is 0 Å². The van der Waals surface area contributed by atoms with Gasteiger partial charge in [-0.05, 0) is 53.0 Å². The summed E-state index contributed by atoms with van der Waals surface area (Å²) in [7, 11) is 1.06. The Labute approximate surface area is 203 Å².